The molecule has 4 nitrogen and oxygen atoms in total. The minimum atomic E-state index is 0.0747. The van der Waals surface area contributed by atoms with Gasteiger partial charge in [0.05, 0.1) is 22.9 Å². The fourth-order valence-electron chi connectivity index (χ4n) is 2.88. The summed E-state index contributed by atoms with van der Waals surface area (Å²) < 4.78 is 0. The molecule has 0 saturated carbocycles. The van der Waals surface area contributed by atoms with E-state index in [-0.39, 0.29) is 5.91 Å². The van der Waals surface area contributed by atoms with Gasteiger partial charge in [0.15, 0.2) is 5.17 Å². The van der Waals surface area contributed by atoms with E-state index in [1.165, 1.54) is 17.1 Å². The summed E-state index contributed by atoms with van der Waals surface area (Å²) in [5.41, 5.74) is 1.98. The van der Waals surface area contributed by atoms with E-state index < -0.39 is 0 Å². The van der Waals surface area contributed by atoms with Crippen molar-refractivity contribution in [2.24, 2.45) is 10.2 Å². The number of thiophene rings is 1. The maximum atomic E-state index is 12.4. The molecule has 0 radical (unpaired) electrons. The first-order valence-electron chi connectivity index (χ1n) is 8.28. The number of rotatable bonds is 4. The van der Waals surface area contributed by atoms with Crippen molar-refractivity contribution in [3.8, 4) is 0 Å². The molecular formula is C20H17N3OS2. The van der Waals surface area contributed by atoms with Crippen LogP contribution in [0.25, 0.3) is 10.8 Å². The van der Waals surface area contributed by atoms with Crippen LogP contribution >= 0.6 is 23.1 Å². The minimum Gasteiger partial charge on any atom is -0.285 e. The Morgan fingerprint density at radius 3 is 2.81 bits per heavy atom. The number of carbonyl (C=O) groups excluding carboxylic acids is 1. The van der Waals surface area contributed by atoms with Crippen LogP contribution in [0, 0.1) is 0 Å². The monoisotopic (exact) mass is 379 g/mol. The number of thioether (sulfide) groups is 1. The van der Waals surface area contributed by atoms with Crippen molar-refractivity contribution in [2.45, 2.75) is 13.5 Å². The lowest BCUT2D eigenvalue weighted by Crippen LogP contribution is -2.29. The molecule has 26 heavy (non-hydrogen) atoms. The van der Waals surface area contributed by atoms with Gasteiger partial charge < -0.3 is 0 Å². The predicted octanol–water partition coefficient (Wildman–Crippen LogP) is 4.76. The standard InChI is InChI=1S/C20H17N3OS2/c1-14(18-10-5-11-25-18)21-22-20-23(19(24)13-26-20)12-16-8-4-7-15-6-2-3-9-17(15)16/h2-11H,12-13H2,1H3/b21-14+,22-20-. The molecule has 0 N–H and O–H groups in total. The molecule has 3 aromatic rings. The van der Waals surface area contributed by atoms with Gasteiger partial charge in [0.25, 0.3) is 0 Å². The van der Waals surface area contributed by atoms with Gasteiger partial charge in [0.2, 0.25) is 5.91 Å². The first-order valence-corrected chi connectivity index (χ1v) is 10.1. The zero-order chi connectivity index (χ0) is 17.9. The smallest absolute Gasteiger partial charge is 0.239 e. The Labute approximate surface area is 160 Å². The van der Waals surface area contributed by atoms with Crippen LogP contribution in [-0.4, -0.2) is 27.4 Å². The second-order valence-electron chi connectivity index (χ2n) is 5.95. The molecule has 0 spiro atoms. The maximum Gasteiger partial charge on any atom is 0.239 e. The van der Waals surface area contributed by atoms with Gasteiger partial charge in [-0.15, -0.1) is 16.4 Å². The number of hydrogen-bond donors (Lipinski definition) is 0. The molecule has 0 atom stereocenters. The van der Waals surface area contributed by atoms with Crippen molar-refractivity contribution in [1.82, 2.24) is 4.90 Å². The van der Waals surface area contributed by atoms with Gasteiger partial charge in [-0.3, -0.25) is 9.69 Å². The second kappa shape index (κ2) is 7.43. The molecule has 1 aliphatic heterocycles. The quantitative estimate of drug-likeness (QED) is 0.485. The van der Waals surface area contributed by atoms with E-state index in [9.17, 15) is 4.79 Å². The molecule has 0 unspecified atom stereocenters. The molecule has 130 valence electrons. The van der Waals surface area contributed by atoms with Gasteiger partial charge in [-0.2, -0.15) is 5.10 Å². The topological polar surface area (TPSA) is 45.0 Å². The number of amides is 1. The van der Waals surface area contributed by atoms with Crippen LogP contribution < -0.4 is 0 Å². The van der Waals surface area contributed by atoms with Crippen LogP contribution in [-0.2, 0) is 11.3 Å². The van der Waals surface area contributed by atoms with Gasteiger partial charge in [-0.25, -0.2) is 0 Å². The fraction of sp³-hybridized carbons (Fsp3) is 0.150. The number of benzene rings is 2. The molecule has 0 bridgehead atoms. The summed E-state index contributed by atoms with van der Waals surface area (Å²) in [7, 11) is 0. The highest BCUT2D eigenvalue weighted by atomic mass is 32.2. The molecule has 6 heteroatoms. The first kappa shape index (κ1) is 17.0. The summed E-state index contributed by atoms with van der Waals surface area (Å²) in [6.45, 7) is 2.45. The van der Waals surface area contributed by atoms with Crippen LogP contribution in [0.4, 0.5) is 0 Å². The highest BCUT2D eigenvalue weighted by Gasteiger charge is 2.28. The predicted molar refractivity (Wildman–Crippen MR) is 111 cm³/mol. The summed E-state index contributed by atoms with van der Waals surface area (Å²) in [4.78, 5) is 15.2. The molecule has 0 aliphatic carbocycles. The first-order chi connectivity index (χ1) is 12.7. The van der Waals surface area contributed by atoms with Crippen molar-refractivity contribution in [3.05, 3.63) is 70.4 Å². The van der Waals surface area contributed by atoms with Crippen molar-refractivity contribution in [2.75, 3.05) is 5.75 Å². The van der Waals surface area contributed by atoms with E-state index in [1.807, 2.05) is 42.6 Å². The minimum absolute atomic E-state index is 0.0747. The lowest BCUT2D eigenvalue weighted by Gasteiger charge is -2.16. The Bertz CT molecular complexity index is 1000. The highest BCUT2D eigenvalue weighted by molar-refractivity contribution is 8.15. The average Bonchev–Trinajstić information content (AvgIpc) is 3.31. The van der Waals surface area contributed by atoms with E-state index in [1.54, 1.807) is 16.2 Å². The molecule has 1 saturated heterocycles. The Kier molecular flexibility index (Phi) is 4.86. The third-order valence-corrected chi connectivity index (χ3v) is 6.16. The molecule has 1 fully saturated rings. The number of hydrogen-bond acceptors (Lipinski definition) is 5. The van der Waals surface area contributed by atoms with Gasteiger partial charge in [0, 0.05) is 0 Å². The van der Waals surface area contributed by atoms with E-state index in [2.05, 4.69) is 34.5 Å². The zero-order valence-corrected chi connectivity index (χ0v) is 15.9. The largest absolute Gasteiger partial charge is 0.285 e. The van der Waals surface area contributed by atoms with E-state index in [0.717, 1.165) is 21.5 Å². The van der Waals surface area contributed by atoms with Crippen LogP contribution in [0.2, 0.25) is 0 Å². The van der Waals surface area contributed by atoms with E-state index in [0.29, 0.717) is 17.5 Å². The maximum absolute atomic E-state index is 12.4. The third kappa shape index (κ3) is 3.43. The lowest BCUT2D eigenvalue weighted by molar-refractivity contribution is -0.124. The lowest BCUT2D eigenvalue weighted by atomic mass is 10.0. The molecular weight excluding hydrogens is 362 g/mol. The summed E-state index contributed by atoms with van der Waals surface area (Å²) in [6, 6.07) is 18.4. The number of amidine groups is 1. The van der Waals surface area contributed by atoms with Crippen molar-refractivity contribution in [3.63, 3.8) is 0 Å². The van der Waals surface area contributed by atoms with Crippen LogP contribution in [0.5, 0.6) is 0 Å². The highest BCUT2D eigenvalue weighted by Crippen LogP contribution is 2.26. The van der Waals surface area contributed by atoms with Crippen molar-refractivity contribution in [1.29, 1.82) is 0 Å². The summed E-state index contributed by atoms with van der Waals surface area (Å²) >= 11 is 3.08. The summed E-state index contributed by atoms with van der Waals surface area (Å²) in [5.74, 6) is 0.489. The van der Waals surface area contributed by atoms with Crippen LogP contribution in [0.1, 0.15) is 17.4 Å². The number of carbonyl (C=O) groups is 1. The molecule has 1 aliphatic rings. The van der Waals surface area contributed by atoms with E-state index >= 15 is 0 Å². The Morgan fingerprint density at radius 1 is 1.12 bits per heavy atom. The van der Waals surface area contributed by atoms with Crippen molar-refractivity contribution >= 4 is 50.7 Å². The molecule has 1 aromatic heterocycles. The average molecular weight is 380 g/mol. The van der Waals surface area contributed by atoms with Crippen molar-refractivity contribution < 1.29 is 4.79 Å². The SMILES string of the molecule is C/C(=N\N=C1/SCC(=O)N1Cc1cccc2ccccc12)c1cccs1. The second-order valence-corrected chi connectivity index (χ2v) is 7.84. The van der Waals surface area contributed by atoms with Gasteiger partial charge >= 0.3 is 0 Å². The van der Waals surface area contributed by atoms with Crippen LogP contribution in [0.15, 0.2) is 70.2 Å². The molecule has 1 amide bonds. The number of nitrogens with zero attached hydrogens (tertiary/aromatic N) is 3. The van der Waals surface area contributed by atoms with Crippen LogP contribution in [0.3, 0.4) is 0 Å². The number of fused-ring (bicyclic) bond motifs is 1. The Balaban J connectivity index is 1.62. The molecule has 2 heterocycles. The molecule has 4 rings (SSSR count). The summed E-state index contributed by atoms with van der Waals surface area (Å²) in [6.07, 6.45) is 0. The Hall–Kier alpha value is -2.44. The zero-order valence-electron chi connectivity index (χ0n) is 14.3. The van der Waals surface area contributed by atoms with Gasteiger partial charge in [-0.05, 0) is 34.7 Å². The van der Waals surface area contributed by atoms with Gasteiger partial charge in [0.1, 0.15) is 0 Å². The Morgan fingerprint density at radius 2 is 1.96 bits per heavy atom. The molecule has 2 aromatic carbocycles. The third-order valence-electron chi connectivity index (χ3n) is 4.23. The fourth-order valence-corrected chi connectivity index (χ4v) is 4.38. The van der Waals surface area contributed by atoms with Gasteiger partial charge in [-0.1, -0.05) is 60.3 Å². The normalized spacial score (nSPS) is 16.8. The summed E-state index contributed by atoms with van der Waals surface area (Å²) in [5, 5.41) is 13.7. The van der Waals surface area contributed by atoms with E-state index in [4.69, 9.17) is 0 Å².